The van der Waals surface area contributed by atoms with Gasteiger partial charge in [0.2, 0.25) is 0 Å². The molecule has 1 aromatic rings. The summed E-state index contributed by atoms with van der Waals surface area (Å²) < 4.78 is 5.72. The highest BCUT2D eigenvalue weighted by atomic mass is 16.5. The number of hydrogen-bond donors (Lipinski definition) is 0. The van der Waals surface area contributed by atoms with Crippen LogP contribution >= 0.6 is 0 Å². The molecule has 0 aromatic heterocycles. The molecule has 168 valence electrons. The standard InChI is InChI=1S/C28H44O2/c1-3-5-6-7-8-9-23-12-14-24(15-13-23)25-18-20-27(21-19-25)30-28(29)26-16-10-22(4-2)11-17-26/h18-24,26H,3-17H2,1-2H3. The second-order valence-electron chi connectivity index (χ2n) is 10.0. The molecule has 2 aliphatic carbocycles. The van der Waals surface area contributed by atoms with Gasteiger partial charge in [-0.15, -0.1) is 0 Å². The van der Waals surface area contributed by atoms with E-state index in [9.17, 15) is 4.79 Å². The molecule has 0 unspecified atom stereocenters. The Hall–Kier alpha value is -1.31. The first-order chi connectivity index (χ1) is 14.7. The Balaban J connectivity index is 1.38. The van der Waals surface area contributed by atoms with E-state index in [0.717, 1.165) is 30.4 Å². The highest BCUT2D eigenvalue weighted by molar-refractivity contribution is 5.75. The monoisotopic (exact) mass is 412 g/mol. The Morgan fingerprint density at radius 3 is 2.07 bits per heavy atom. The molecule has 30 heavy (non-hydrogen) atoms. The van der Waals surface area contributed by atoms with E-state index in [2.05, 4.69) is 26.0 Å². The van der Waals surface area contributed by atoms with Crippen molar-refractivity contribution in [3.05, 3.63) is 29.8 Å². The van der Waals surface area contributed by atoms with Crippen LogP contribution in [-0.2, 0) is 4.79 Å². The first kappa shape index (κ1) is 23.4. The van der Waals surface area contributed by atoms with Gasteiger partial charge in [-0.1, -0.05) is 70.9 Å². The molecule has 3 rings (SSSR count). The molecule has 0 atom stereocenters. The summed E-state index contributed by atoms with van der Waals surface area (Å²) in [5, 5.41) is 0. The lowest BCUT2D eigenvalue weighted by Crippen LogP contribution is -2.25. The van der Waals surface area contributed by atoms with Crippen LogP contribution in [0, 0.1) is 17.8 Å². The minimum atomic E-state index is -0.0169. The molecule has 0 spiro atoms. The van der Waals surface area contributed by atoms with Gasteiger partial charge < -0.3 is 4.74 Å². The smallest absolute Gasteiger partial charge is 0.314 e. The number of ether oxygens (including phenoxy) is 1. The SMILES string of the molecule is CCCCCCCC1CCC(c2ccc(OC(=O)C3CCC(CC)CC3)cc2)CC1. The minimum absolute atomic E-state index is 0.0169. The predicted octanol–water partition coefficient (Wildman–Crippen LogP) is 8.44. The number of carbonyl (C=O) groups is 1. The van der Waals surface area contributed by atoms with E-state index in [4.69, 9.17) is 4.74 Å². The predicted molar refractivity (Wildman–Crippen MR) is 126 cm³/mol. The van der Waals surface area contributed by atoms with Crippen molar-refractivity contribution in [3.63, 3.8) is 0 Å². The first-order valence-corrected chi connectivity index (χ1v) is 13.0. The highest BCUT2D eigenvalue weighted by Gasteiger charge is 2.27. The first-order valence-electron chi connectivity index (χ1n) is 13.0. The molecule has 0 radical (unpaired) electrons. The van der Waals surface area contributed by atoms with Gasteiger partial charge in [-0.05, 0) is 86.8 Å². The molecular weight excluding hydrogens is 368 g/mol. The van der Waals surface area contributed by atoms with Crippen molar-refractivity contribution < 1.29 is 9.53 Å². The fourth-order valence-corrected chi connectivity index (χ4v) is 5.63. The number of carbonyl (C=O) groups excluding carboxylic acids is 1. The summed E-state index contributed by atoms with van der Waals surface area (Å²) in [4.78, 5) is 12.5. The lowest BCUT2D eigenvalue weighted by molar-refractivity contribution is -0.140. The summed E-state index contributed by atoms with van der Waals surface area (Å²) in [6.45, 7) is 4.54. The quantitative estimate of drug-likeness (QED) is 0.219. The van der Waals surface area contributed by atoms with Crippen LogP contribution < -0.4 is 4.74 Å². The molecule has 1 aromatic carbocycles. The molecule has 0 heterocycles. The molecular formula is C28H44O2. The average molecular weight is 413 g/mol. The second kappa shape index (κ2) is 12.5. The van der Waals surface area contributed by atoms with Gasteiger partial charge >= 0.3 is 5.97 Å². The van der Waals surface area contributed by atoms with E-state index in [1.807, 2.05) is 12.1 Å². The molecule has 0 saturated heterocycles. The van der Waals surface area contributed by atoms with Gasteiger partial charge in [-0.25, -0.2) is 0 Å². The van der Waals surface area contributed by atoms with Gasteiger partial charge in [-0.2, -0.15) is 0 Å². The van der Waals surface area contributed by atoms with Crippen molar-refractivity contribution in [1.82, 2.24) is 0 Å². The van der Waals surface area contributed by atoms with Gasteiger partial charge in [0.25, 0.3) is 0 Å². The van der Waals surface area contributed by atoms with Gasteiger partial charge in [0.1, 0.15) is 5.75 Å². The minimum Gasteiger partial charge on any atom is -0.426 e. The molecule has 0 aliphatic heterocycles. The van der Waals surface area contributed by atoms with Gasteiger partial charge in [0.05, 0.1) is 5.92 Å². The summed E-state index contributed by atoms with van der Waals surface area (Å²) in [5.41, 5.74) is 1.43. The van der Waals surface area contributed by atoms with Gasteiger partial charge in [-0.3, -0.25) is 4.79 Å². The third kappa shape index (κ3) is 7.13. The van der Waals surface area contributed by atoms with Crippen molar-refractivity contribution >= 4 is 5.97 Å². The molecule has 2 heteroatoms. The zero-order chi connectivity index (χ0) is 21.2. The zero-order valence-electron chi connectivity index (χ0n) is 19.5. The Morgan fingerprint density at radius 1 is 0.800 bits per heavy atom. The number of hydrogen-bond acceptors (Lipinski definition) is 2. The molecule has 2 saturated carbocycles. The van der Waals surface area contributed by atoms with E-state index in [-0.39, 0.29) is 11.9 Å². The number of benzene rings is 1. The largest absolute Gasteiger partial charge is 0.426 e. The van der Waals surface area contributed by atoms with Crippen molar-refractivity contribution in [2.75, 3.05) is 0 Å². The van der Waals surface area contributed by atoms with Crippen LogP contribution in [0.1, 0.15) is 122 Å². The van der Waals surface area contributed by atoms with Crippen molar-refractivity contribution in [2.45, 2.75) is 116 Å². The van der Waals surface area contributed by atoms with Crippen LogP contribution in [0.15, 0.2) is 24.3 Å². The van der Waals surface area contributed by atoms with Crippen LogP contribution in [0.3, 0.4) is 0 Å². The molecule has 0 bridgehead atoms. The van der Waals surface area contributed by atoms with E-state index >= 15 is 0 Å². The molecule has 2 nitrogen and oxygen atoms in total. The topological polar surface area (TPSA) is 26.3 Å². The average Bonchev–Trinajstić information content (AvgIpc) is 2.80. The highest BCUT2D eigenvalue weighted by Crippen LogP contribution is 2.38. The lowest BCUT2D eigenvalue weighted by atomic mass is 9.77. The lowest BCUT2D eigenvalue weighted by Gasteiger charge is -2.29. The van der Waals surface area contributed by atoms with Crippen molar-refractivity contribution in [1.29, 1.82) is 0 Å². The van der Waals surface area contributed by atoms with E-state index in [1.165, 1.54) is 89.0 Å². The summed E-state index contributed by atoms with van der Waals surface area (Å²) >= 11 is 0. The fraction of sp³-hybridized carbons (Fsp3) is 0.750. The molecule has 0 N–H and O–H groups in total. The van der Waals surface area contributed by atoms with E-state index < -0.39 is 0 Å². The van der Waals surface area contributed by atoms with Crippen LogP contribution in [0.5, 0.6) is 5.75 Å². The van der Waals surface area contributed by atoms with Gasteiger partial charge in [0, 0.05) is 0 Å². The normalized spacial score (nSPS) is 27.0. The summed E-state index contributed by atoms with van der Waals surface area (Å²) in [6.07, 6.45) is 19.4. The maximum absolute atomic E-state index is 12.5. The third-order valence-corrected chi connectivity index (χ3v) is 7.89. The maximum atomic E-state index is 12.5. The number of unbranched alkanes of at least 4 members (excludes halogenated alkanes) is 4. The Kier molecular flexibility index (Phi) is 9.75. The van der Waals surface area contributed by atoms with Crippen molar-refractivity contribution in [3.8, 4) is 5.75 Å². The summed E-state index contributed by atoms with van der Waals surface area (Å²) in [6, 6.07) is 8.44. The Bertz CT molecular complexity index is 604. The van der Waals surface area contributed by atoms with Gasteiger partial charge in [0.15, 0.2) is 0 Å². The molecule has 0 amide bonds. The Morgan fingerprint density at radius 2 is 1.43 bits per heavy atom. The second-order valence-corrected chi connectivity index (χ2v) is 10.0. The van der Waals surface area contributed by atoms with Crippen LogP contribution in [0.25, 0.3) is 0 Å². The van der Waals surface area contributed by atoms with E-state index in [1.54, 1.807) is 0 Å². The summed E-state index contributed by atoms with van der Waals surface area (Å²) in [7, 11) is 0. The maximum Gasteiger partial charge on any atom is 0.314 e. The molecule has 2 fully saturated rings. The summed E-state index contributed by atoms with van der Waals surface area (Å²) in [5.74, 6) is 3.26. The number of esters is 1. The van der Waals surface area contributed by atoms with E-state index in [0.29, 0.717) is 5.92 Å². The number of rotatable bonds is 10. The third-order valence-electron chi connectivity index (χ3n) is 7.89. The fourth-order valence-electron chi connectivity index (χ4n) is 5.63. The molecule has 2 aliphatic rings. The van der Waals surface area contributed by atoms with Crippen LogP contribution in [-0.4, -0.2) is 5.97 Å². The van der Waals surface area contributed by atoms with Crippen molar-refractivity contribution in [2.24, 2.45) is 17.8 Å². The Labute approximate surface area is 185 Å². The zero-order valence-corrected chi connectivity index (χ0v) is 19.5. The van der Waals surface area contributed by atoms with Crippen LogP contribution in [0.4, 0.5) is 0 Å². The van der Waals surface area contributed by atoms with Crippen LogP contribution in [0.2, 0.25) is 0 Å².